The van der Waals surface area contributed by atoms with E-state index < -0.39 is 10.0 Å². The van der Waals surface area contributed by atoms with Crippen LogP contribution < -0.4 is 0 Å². The Morgan fingerprint density at radius 3 is 2.14 bits per heavy atom. The molecule has 29 heavy (non-hydrogen) atoms. The highest BCUT2D eigenvalue weighted by molar-refractivity contribution is 7.89. The van der Waals surface area contributed by atoms with E-state index in [4.69, 9.17) is 0 Å². The van der Waals surface area contributed by atoms with Crippen molar-refractivity contribution in [1.82, 2.24) is 24.0 Å². The van der Waals surface area contributed by atoms with Gasteiger partial charge in [-0.2, -0.15) is 5.10 Å². The Bertz CT molecular complexity index is 1080. The van der Waals surface area contributed by atoms with Crippen LogP contribution >= 0.6 is 0 Å². The molecule has 0 spiro atoms. The van der Waals surface area contributed by atoms with Crippen LogP contribution in [-0.4, -0.2) is 59.4 Å². The average Bonchev–Trinajstić information content (AvgIpc) is 3.27. The zero-order chi connectivity index (χ0) is 21.2. The molecule has 1 atom stereocenters. The number of hydrogen-bond donors (Lipinski definition) is 0. The summed E-state index contributed by atoms with van der Waals surface area (Å²) in [5.41, 5.74) is 2.28. The first-order chi connectivity index (χ1) is 13.7. The molecular weight excluding hydrogens is 390 g/mol. The van der Waals surface area contributed by atoms with Crippen molar-refractivity contribution < 1.29 is 13.2 Å². The lowest BCUT2D eigenvalue weighted by atomic mass is 10.1. The van der Waals surface area contributed by atoms with Crippen LogP contribution in [0.4, 0.5) is 0 Å². The van der Waals surface area contributed by atoms with Gasteiger partial charge in [0.05, 0.1) is 16.6 Å². The maximum atomic E-state index is 12.9. The number of sulfonamides is 1. The van der Waals surface area contributed by atoms with E-state index in [-0.39, 0.29) is 16.8 Å². The van der Waals surface area contributed by atoms with E-state index in [0.29, 0.717) is 5.56 Å². The molecule has 2 aromatic carbocycles. The maximum Gasteiger partial charge on any atom is 0.254 e. The Balaban J connectivity index is 1.75. The fraction of sp³-hybridized carbons (Fsp3) is 0.250. The van der Waals surface area contributed by atoms with Gasteiger partial charge in [0.1, 0.15) is 12.7 Å². The minimum absolute atomic E-state index is 0.151. The van der Waals surface area contributed by atoms with Gasteiger partial charge in [-0.25, -0.2) is 22.4 Å². The molecule has 0 saturated carbocycles. The SMILES string of the molecule is C[C@@H](c1ccc(-n2cncn2)cc1)N(C)C(=O)c1ccc(S(=O)(=O)N(C)C)cc1. The molecular formula is C20H23N5O3S. The van der Waals surface area contributed by atoms with E-state index in [0.717, 1.165) is 15.6 Å². The van der Waals surface area contributed by atoms with E-state index in [1.54, 1.807) is 23.0 Å². The van der Waals surface area contributed by atoms with E-state index >= 15 is 0 Å². The van der Waals surface area contributed by atoms with Gasteiger partial charge < -0.3 is 4.90 Å². The summed E-state index contributed by atoms with van der Waals surface area (Å²) in [6, 6.07) is 13.5. The number of aromatic nitrogens is 3. The summed E-state index contributed by atoms with van der Waals surface area (Å²) >= 11 is 0. The third-order valence-electron chi connectivity index (χ3n) is 4.84. The van der Waals surface area contributed by atoms with Crippen LogP contribution in [0.2, 0.25) is 0 Å². The van der Waals surface area contributed by atoms with Crippen molar-refractivity contribution in [2.45, 2.75) is 17.9 Å². The predicted octanol–water partition coefficient (Wildman–Crippen LogP) is 2.35. The molecule has 1 heterocycles. The zero-order valence-corrected chi connectivity index (χ0v) is 17.5. The molecule has 0 saturated heterocycles. The highest BCUT2D eigenvalue weighted by Crippen LogP contribution is 2.23. The maximum absolute atomic E-state index is 12.9. The third-order valence-corrected chi connectivity index (χ3v) is 6.67. The van der Waals surface area contributed by atoms with Crippen LogP contribution in [0.15, 0.2) is 66.1 Å². The fourth-order valence-corrected chi connectivity index (χ4v) is 3.73. The molecule has 0 radical (unpaired) electrons. The van der Waals surface area contributed by atoms with Gasteiger partial charge in [-0.15, -0.1) is 0 Å². The van der Waals surface area contributed by atoms with Crippen LogP contribution in [0.3, 0.4) is 0 Å². The third kappa shape index (κ3) is 4.20. The Morgan fingerprint density at radius 1 is 1.00 bits per heavy atom. The molecule has 0 bridgehead atoms. The van der Waals surface area contributed by atoms with E-state index in [9.17, 15) is 13.2 Å². The molecule has 1 aromatic heterocycles. The van der Waals surface area contributed by atoms with E-state index in [1.165, 1.54) is 44.7 Å². The fourth-order valence-electron chi connectivity index (χ4n) is 2.83. The predicted molar refractivity (Wildman–Crippen MR) is 109 cm³/mol. The molecule has 0 fully saturated rings. The summed E-state index contributed by atoms with van der Waals surface area (Å²) in [5.74, 6) is -0.188. The van der Waals surface area contributed by atoms with Gasteiger partial charge in [-0.3, -0.25) is 4.79 Å². The molecule has 3 rings (SSSR count). The molecule has 0 N–H and O–H groups in total. The number of amides is 1. The van der Waals surface area contributed by atoms with Crippen molar-refractivity contribution in [3.05, 3.63) is 72.3 Å². The van der Waals surface area contributed by atoms with Crippen molar-refractivity contribution >= 4 is 15.9 Å². The molecule has 0 aliphatic heterocycles. The van der Waals surface area contributed by atoms with Gasteiger partial charge in [0.15, 0.2) is 0 Å². The van der Waals surface area contributed by atoms with Gasteiger partial charge in [-0.05, 0) is 48.9 Å². The Kier molecular flexibility index (Phi) is 5.81. The number of carbonyl (C=O) groups excluding carboxylic acids is 1. The summed E-state index contributed by atoms with van der Waals surface area (Å²) in [7, 11) is 1.14. The average molecular weight is 414 g/mol. The van der Waals surface area contributed by atoms with Crippen LogP contribution in [0.25, 0.3) is 5.69 Å². The lowest BCUT2D eigenvalue weighted by molar-refractivity contribution is 0.0742. The Labute approximate surface area is 170 Å². The molecule has 1 amide bonds. The van der Waals surface area contributed by atoms with Crippen molar-refractivity contribution in [3.8, 4) is 5.69 Å². The first-order valence-corrected chi connectivity index (χ1v) is 10.4. The van der Waals surface area contributed by atoms with Gasteiger partial charge in [0, 0.05) is 26.7 Å². The van der Waals surface area contributed by atoms with E-state index in [1.807, 2.05) is 31.2 Å². The molecule has 0 aliphatic rings. The summed E-state index contributed by atoms with van der Waals surface area (Å²) < 4.78 is 27.1. The monoisotopic (exact) mass is 413 g/mol. The van der Waals surface area contributed by atoms with E-state index in [2.05, 4.69) is 10.1 Å². The number of hydrogen-bond acceptors (Lipinski definition) is 5. The van der Waals surface area contributed by atoms with Crippen LogP contribution in [0.1, 0.15) is 28.9 Å². The highest BCUT2D eigenvalue weighted by Gasteiger charge is 2.21. The first kappa shape index (κ1) is 20.7. The summed E-state index contributed by atoms with van der Waals surface area (Å²) in [6.07, 6.45) is 3.09. The largest absolute Gasteiger partial charge is 0.335 e. The summed E-state index contributed by atoms with van der Waals surface area (Å²) in [5, 5.41) is 4.09. The van der Waals surface area contributed by atoms with Gasteiger partial charge >= 0.3 is 0 Å². The lowest BCUT2D eigenvalue weighted by Gasteiger charge is -2.25. The van der Waals surface area contributed by atoms with Crippen LogP contribution in [-0.2, 0) is 10.0 Å². The molecule has 9 heteroatoms. The number of carbonyl (C=O) groups is 1. The normalized spacial score (nSPS) is 12.7. The minimum Gasteiger partial charge on any atom is -0.335 e. The van der Waals surface area contributed by atoms with Gasteiger partial charge in [0.2, 0.25) is 10.0 Å². The molecule has 0 unspecified atom stereocenters. The second kappa shape index (κ2) is 8.14. The Hall–Kier alpha value is -3.04. The second-order valence-corrected chi connectivity index (χ2v) is 8.99. The topological polar surface area (TPSA) is 88.4 Å². The highest BCUT2D eigenvalue weighted by atomic mass is 32.2. The summed E-state index contributed by atoms with van der Waals surface area (Å²) in [4.78, 5) is 18.6. The molecule has 0 aliphatic carbocycles. The molecule has 8 nitrogen and oxygen atoms in total. The lowest BCUT2D eigenvalue weighted by Crippen LogP contribution is -2.29. The van der Waals surface area contributed by atoms with Crippen molar-refractivity contribution in [2.75, 3.05) is 21.1 Å². The van der Waals surface area contributed by atoms with Crippen LogP contribution in [0, 0.1) is 0 Å². The first-order valence-electron chi connectivity index (χ1n) is 8.96. The number of nitrogens with zero attached hydrogens (tertiary/aromatic N) is 5. The quantitative estimate of drug-likeness (QED) is 0.619. The Morgan fingerprint density at radius 2 is 1.62 bits per heavy atom. The number of benzene rings is 2. The molecule has 3 aromatic rings. The van der Waals surface area contributed by atoms with Crippen molar-refractivity contribution in [2.24, 2.45) is 0 Å². The standard InChI is InChI=1S/C20H23N5O3S/c1-15(16-5-9-18(10-6-16)25-14-21-13-22-25)24(4)20(26)17-7-11-19(12-8-17)29(27,28)23(2)3/h5-15H,1-4H3/t15-/m0/s1. The minimum atomic E-state index is -3.52. The molecule has 152 valence electrons. The summed E-state index contributed by atoms with van der Waals surface area (Å²) in [6.45, 7) is 1.94. The zero-order valence-electron chi connectivity index (χ0n) is 16.7. The van der Waals surface area contributed by atoms with Crippen molar-refractivity contribution in [3.63, 3.8) is 0 Å². The second-order valence-electron chi connectivity index (χ2n) is 6.84. The van der Waals surface area contributed by atoms with Crippen LogP contribution in [0.5, 0.6) is 0 Å². The van der Waals surface area contributed by atoms with Gasteiger partial charge in [0.25, 0.3) is 5.91 Å². The smallest absolute Gasteiger partial charge is 0.254 e. The van der Waals surface area contributed by atoms with Gasteiger partial charge in [-0.1, -0.05) is 12.1 Å². The van der Waals surface area contributed by atoms with Crippen molar-refractivity contribution in [1.29, 1.82) is 0 Å². The number of rotatable bonds is 6.